The molecule has 3 aromatic carbocycles. The molecule has 1 atom stereocenters. The standard InChI is InChI=1S/C29H35N3O4S/c1-5-27(29(34)30-6-2)31(20-24-13-9-7-10-14-24)28(33)21-32(25-18-22(3)17-23(4)19-25)37(35,36)26-15-11-8-12-16-26/h7-19,27H,5-6,20-21H2,1-4H3,(H,30,34)/t27-/m0/s1. The first kappa shape index (κ1) is 27.9. The molecule has 0 aliphatic heterocycles. The lowest BCUT2D eigenvalue weighted by Crippen LogP contribution is -2.52. The van der Waals surface area contributed by atoms with Crippen molar-refractivity contribution >= 4 is 27.5 Å². The summed E-state index contributed by atoms with van der Waals surface area (Å²) >= 11 is 0. The number of nitrogens with zero attached hydrogens (tertiary/aromatic N) is 2. The highest BCUT2D eigenvalue weighted by atomic mass is 32.2. The number of hydrogen-bond acceptors (Lipinski definition) is 4. The second-order valence-corrected chi connectivity index (χ2v) is 10.9. The summed E-state index contributed by atoms with van der Waals surface area (Å²) in [6.07, 6.45) is 0.388. The number of likely N-dealkylation sites (N-methyl/N-ethyl adjacent to an activating group) is 1. The van der Waals surface area contributed by atoms with Crippen LogP contribution in [0.2, 0.25) is 0 Å². The maximum Gasteiger partial charge on any atom is 0.264 e. The van der Waals surface area contributed by atoms with Crippen molar-refractivity contribution < 1.29 is 18.0 Å². The van der Waals surface area contributed by atoms with Crippen molar-refractivity contribution in [2.75, 3.05) is 17.4 Å². The Morgan fingerprint density at radius 3 is 1.97 bits per heavy atom. The van der Waals surface area contributed by atoms with Crippen LogP contribution in [0.1, 0.15) is 37.0 Å². The first-order valence-electron chi connectivity index (χ1n) is 12.4. The molecule has 2 amide bonds. The number of amides is 2. The Morgan fingerprint density at radius 1 is 0.865 bits per heavy atom. The fraction of sp³-hybridized carbons (Fsp3) is 0.310. The Kier molecular flexibility index (Phi) is 9.47. The average Bonchev–Trinajstić information content (AvgIpc) is 2.87. The summed E-state index contributed by atoms with van der Waals surface area (Å²) < 4.78 is 28.8. The van der Waals surface area contributed by atoms with Crippen LogP contribution in [0.5, 0.6) is 0 Å². The zero-order chi connectivity index (χ0) is 27.0. The lowest BCUT2D eigenvalue weighted by atomic mass is 10.1. The summed E-state index contributed by atoms with van der Waals surface area (Å²) in [5, 5.41) is 2.81. The van der Waals surface area contributed by atoms with Crippen molar-refractivity contribution in [3.05, 3.63) is 95.6 Å². The van der Waals surface area contributed by atoms with E-state index < -0.39 is 28.5 Å². The second kappa shape index (κ2) is 12.5. The normalized spacial score (nSPS) is 12.0. The third kappa shape index (κ3) is 6.98. The van der Waals surface area contributed by atoms with Crippen molar-refractivity contribution in [3.63, 3.8) is 0 Å². The maximum atomic E-state index is 13.9. The Bertz CT molecular complexity index is 1290. The van der Waals surface area contributed by atoms with Gasteiger partial charge in [0.2, 0.25) is 11.8 Å². The van der Waals surface area contributed by atoms with Gasteiger partial charge in [0, 0.05) is 13.1 Å². The Hall–Kier alpha value is -3.65. The van der Waals surface area contributed by atoms with E-state index in [0.717, 1.165) is 21.0 Å². The van der Waals surface area contributed by atoms with Gasteiger partial charge in [-0.2, -0.15) is 0 Å². The van der Waals surface area contributed by atoms with Crippen LogP contribution in [0.4, 0.5) is 5.69 Å². The van der Waals surface area contributed by atoms with Gasteiger partial charge in [-0.05, 0) is 68.1 Å². The van der Waals surface area contributed by atoms with Gasteiger partial charge in [0.25, 0.3) is 10.0 Å². The third-order valence-electron chi connectivity index (χ3n) is 6.04. The van der Waals surface area contributed by atoms with Gasteiger partial charge in [-0.1, -0.05) is 61.5 Å². The van der Waals surface area contributed by atoms with Gasteiger partial charge in [-0.15, -0.1) is 0 Å². The zero-order valence-electron chi connectivity index (χ0n) is 21.8. The highest BCUT2D eigenvalue weighted by Gasteiger charge is 2.33. The molecule has 0 heterocycles. The van der Waals surface area contributed by atoms with Gasteiger partial charge in [0.15, 0.2) is 0 Å². The smallest absolute Gasteiger partial charge is 0.264 e. The number of hydrogen-bond donors (Lipinski definition) is 1. The Labute approximate surface area is 220 Å². The minimum absolute atomic E-state index is 0.0901. The molecule has 3 rings (SSSR count). The van der Waals surface area contributed by atoms with Crippen LogP contribution >= 0.6 is 0 Å². The van der Waals surface area contributed by atoms with Crippen molar-refractivity contribution in [2.45, 2.75) is 51.6 Å². The molecule has 37 heavy (non-hydrogen) atoms. The van der Waals surface area contributed by atoms with Gasteiger partial charge in [-0.25, -0.2) is 8.42 Å². The molecule has 0 spiro atoms. The van der Waals surface area contributed by atoms with Crippen molar-refractivity contribution in [2.24, 2.45) is 0 Å². The number of carbonyl (C=O) groups is 2. The Morgan fingerprint density at radius 2 is 1.43 bits per heavy atom. The van der Waals surface area contributed by atoms with Gasteiger partial charge < -0.3 is 10.2 Å². The molecular weight excluding hydrogens is 486 g/mol. The molecular formula is C29H35N3O4S. The summed E-state index contributed by atoms with van der Waals surface area (Å²) in [7, 11) is -4.07. The third-order valence-corrected chi connectivity index (χ3v) is 7.83. The average molecular weight is 522 g/mol. The summed E-state index contributed by atoms with van der Waals surface area (Å²) in [6.45, 7) is 7.60. The first-order valence-corrected chi connectivity index (χ1v) is 13.9. The zero-order valence-corrected chi connectivity index (χ0v) is 22.7. The predicted octanol–water partition coefficient (Wildman–Crippen LogP) is 4.44. The SMILES string of the molecule is CCNC(=O)[C@H](CC)N(Cc1ccccc1)C(=O)CN(c1cc(C)cc(C)c1)S(=O)(=O)c1ccccc1. The molecule has 0 unspecified atom stereocenters. The molecule has 0 saturated heterocycles. The number of sulfonamides is 1. The van der Waals surface area contributed by atoms with E-state index in [0.29, 0.717) is 18.7 Å². The highest BCUT2D eigenvalue weighted by Crippen LogP contribution is 2.26. The van der Waals surface area contributed by atoms with E-state index >= 15 is 0 Å². The van der Waals surface area contributed by atoms with Crippen LogP contribution in [0.15, 0.2) is 83.8 Å². The molecule has 0 fully saturated rings. The topological polar surface area (TPSA) is 86.8 Å². The first-order chi connectivity index (χ1) is 17.7. The van der Waals surface area contributed by atoms with Crippen LogP contribution in [-0.4, -0.2) is 44.3 Å². The van der Waals surface area contributed by atoms with E-state index in [4.69, 9.17) is 0 Å². The van der Waals surface area contributed by atoms with E-state index in [1.54, 1.807) is 30.3 Å². The molecule has 0 radical (unpaired) electrons. The molecule has 0 aliphatic rings. The van der Waals surface area contributed by atoms with E-state index in [-0.39, 0.29) is 17.3 Å². The van der Waals surface area contributed by atoms with Crippen molar-refractivity contribution in [1.82, 2.24) is 10.2 Å². The molecule has 0 saturated carbocycles. The number of carbonyl (C=O) groups excluding carboxylic acids is 2. The minimum Gasteiger partial charge on any atom is -0.355 e. The predicted molar refractivity (Wildman–Crippen MR) is 147 cm³/mol. The van der Waals surface area contributed by atoms with E-state index in [1.807, 2.05) is 64.1 Å². The molecule has 196 valence electrons. The molecule has 7 nitrogen and oxygen atoms in total. The van der Waals surface area contributed by atoms with E-state index in [9.17, 15) is 18.0 Å². The summed E-state index contributed by atoms with van der Waals surface area (Å²) in [6, 6.07) is 22.2. The number of aryl methyl sites for hydroxylation is 2. The van der Waals surface area contributed by atoms with Gasteiger partial charge in [-0.3, -0.25) is 13.9 Å². The number of nitrogens with one attached hydrogen (secondary N) is 1. The van der Waals surface area contributed by atoms with Crippen LogP contribution in [0, 0.1) is 13.8 Å². The number of rotatable bonds is 11. The fourth-order valence-corrected chi connectivity index (χ4v) is 5.75. The van der Waals surface area contributed by atoms with Crippen LogP contribution in [-0.2, 0) is 26.2 Å². The summed E-state index contributed by atoms with van der Waals surface area (Å²) in [4.78, 5) is 28.4. The van der Waals surface area contributed by atoms with E-state index in [2.05, 4.69) is 5.32 Å². The largest absolute Gasteiger partial charge is 0.355 e. The van der Waals surface area contributed by atoms with E-state index in [1.165, 1.54) is 17.0 Å². The van der Waals surface area contributed by atoms with Crippen LogP contribution in [0.25, 0.3) is 0 Å². The molecule has 0 bridgehead atoms. The minimum atomic E-state index is -4.07. The highest BCUT2D eigenvalue weighted by molar-refractivity contribution is 7.92. The van der Waals surface area contributed by atoms with Crippen LogP contribution < -0.4 is 9.62 Å². The van der Waals surface area contributed by atoms with Crippen molar-refractivity contribution in [1.29, 1.82) is 0 Å². The van der Waals surface area contributed by atoms with Crippen LogP contribution in [0.3, 0.4) is 0 Å². The van der Waals surface area contributed by atoms with Gasteiger partial charge in [0.05, 0.1) is 10.6 Å². The Balaban J connectivity index is 2.07. The monoisotopic (exact) mass is 521 g/mol. The van der Waals surface area contributed by atoms with Gasteiger partial charge in [0.1, 0.15) is 12.6 Å². The maximum absolute atomic E-state index is 13.9. The molecule has 1 N–H and O–H groups in total. The lowest BCUT2D eigenvalue weighted by molar-refractivity contribution is -0.140. The second-order valence-electron chi connectivity index (χ2n) is 9.00. The summed E-state index contributed by atoms with van der Waals surface area (Å²) in [5.41, 5.74) is 3.01. The quantitative estimate of drug-likeness (QED) is 0.404. The summed E-state index contributed by atoms with van der Waals surface area (Å²) in [5.74, 6) is -0.723. The van der Waals surface area contributed by atoms with Gasteiger partial charge >= 0.3 is 0 Å². The molecule has 8 heteroatoms. The number of benzene rings is 3. The molecule has 0 aromatic heterocycles. The lowest BCUT2D eigenvalue weighted by Gasteiger charge is -2.33. The molecule has 3 aromatic rings. The fourth-order valence-electron chi connectivity index (χ4n) is 4.33. The number of anilines is 1. The molecule has 0 aliphatic carbocycles. The van der Waals surface area contributed by atoms with Crippen molar-refractivity contribution in [3.8, 4) is 0 Å².